The fourth-order valence-electron chi connectivity index (χ4n) is 5.94. The van der Waals surface area contributed by atoms with Crippen molar-refractivity contribution in [2.45, 2.75) is 10.8 Å². The predicted molar refractivity (Wildman–Crippen MR) is 225 cm³/mol. The third kappa shape index (κ3) is 20.5. The largest absolute Gasteiger partial charge is 0.448 e. The van der Waals surface area contributed by atoms with Gasteiger partial charge in [0.2, 0.25) is 0 Å². The Morgan fingerprint density at radius 3 is 1.18 bits per heavy atom. The maximum Gasteiger partial charge on any atom is 0.409 e. The average molecular weight is 878 g/mol. The van der Waals surface area contributed by atoms with E-state index in [1.807, 2.05) is 24.3 Å². The Morgan fingerprint density at radius 1 is 0.459 bits per heavy atom. The number of amides is 1. The number of carbonyl (C=O) groups excluding carboxylic acids is 1. The monoisotopic (exact) mass is 877 g/mol. The normalized spacial score (nSPS) is 12.4. The fourth-order valence-corrected chi connectivity index (χ4v) is 6.85. The first-order valence-electron chi connectivity index (χ1n) is 20.8. The van der Waals surface area contributed by atoms with E-state index in [4.69, 9.17) is 56.3 Å². The molecule has 3 aromatic rings. The van der Waals surface area contributed by atoms with Crippen LogP contribution in [-0.2, 0) is 66.4 Å². The molecule has 16 nitrogen and oxygen atoms in total. The number of benzene rings is 3. The number of rotatable bonds is 37. The van der Waals surface area contributed by atoms with E-state index in [0.717, 1.165) is 0 Å². The van der Waals surface area contributed by atoms with Crippen LogP contribution in [0.4, 0.5) is 4.79 Å². The Labute approximate surface area is 360 Å². The van der Waals surface area contributed by atoms with Crippen molar-refractivity contribution in [1.29, 1.82) is 0 Å². The lowest BCUT2D eigenvalue weighted by molar-refractivity contribution is -0.0268. The van der Waals surface area contributed by atoms with Crippen molar-refractivity contribution in [3.8, 4) is 11.1 Å². The summed E-state index contributed by atoms with van der Waals surface area (Å²) in [6.45, 7) is 9.07. The summed E-state index contributed by atoms with van der Waals surface area (Å²) in [7, 11) is -2.06. The van der Waals surface area contributed by atoms with Crippen LogP contribution in [0.15, 0.2) is 83.8 Å². The topological polar surface area (TPSA) is 165 Å². The van der Waals surface area contributed by atoms with Crippen molar-refractivity contribution in [3.63, 3.8) is 0 Å². The van der Waals surface area contributed by atoms with E-state index in [0.29, 0.717) is 139 Å². The Kier molecular flexibility index (Phi) is 25.7. The second kappa shape index (κ2) is 31.3. The third-order valence-corrected chi connectivity index (χ3v) is 10.4. The van der Waals surface area contributed by atoms with Crippen molar-refractivity contribution in [2.24, 2.45) is 0 Å². The van der Waals surface area contributed by atoms with Crippen LogP contribution < -0.4 is 0 Å². The molecule has 61 heavy (non-hydrogen) atoms. The standard InChI is InChI=1S/C44H63NO15S/c1-45(44(46)59-37-43-41-13-7-5-11-39(41)40-12-6-8-14-42(40)43)15-16-49-17-18-50-19-20-51-21-22-52-23-24-53-25-26-54-27-28-55-29-30-56-31-32-57-33-34-58-35-36-60-61(47,48)38-9-3-2-4-10-38/h2-14,43H,15-37H2,1H3. The van der Waals surface area contributed by atoms with Crippen LogP contribution in [0, 0.1) is 0 Å². The quantitative estimate of drug-likeness (QED) is 0.0590. The van der Waals surface area contributed by atoms with Crippen LogP contribution in [0.25, 0.3) is 11.1 Å². The zero-order chi connectivity index (χ0) is 43.1. The van der Waals surface area contributed by atoms with Gasteiger partial charge in [-0.15, -0.1) is 0 Å². The van der Waals surface area contributed by atoms with Crippen LogP contribution in [0.3, 0.4) is 0 Å². The van der Waals surface area contributed by atoms with Gasteiger partial charge >= 0.3 is 6.09 Å². The maximum atomic E-state index is 12.6. The first-order chi connectivity index (χ1) is 30.0. The molecule has 1 amide bonds. The van der Waals surface area contributed by atoms with Crippen molar-refractivity contribution in [3.05, 3.63) is 90.0 Å². The maximum absolute atomic E-state index is 12.6. The molecule has 0 N–H and O–H groups in total. The van der Waals surface area contributed by atoms with Crippen molar-refractivity contribution in [1.82, 2.24) is 4.90 Å². The van der Waals surface area contributed by atoms with Gasteiger partial charge in [-0.25, -0.2) is 4.79 Å². The van der Waals surface area contributed by atoms with Crippen molar-refractivity contribution >= 4 is 16.2 Å². The number of hydrogen-bond acceptors (Lipinski definition) is 15. The Bertz CT molecular complexity index is 1660. The van der Waals surface area contributed by atoms with Gasteiger partial charge in [-0.05, 0) is 34.4 Å². The highest BCUT2D eigenvalue weighted by Crippen LogP contribution is 2.44. The van der Waals surface area contributed by atoms with Gasteiger partial charge in [0.05, 0.1) is 144 Å². The van der Waals surface area contributed by atoms with E-state index in [9.17, 15) is 13.2 Å². The summed E-state index contributed by atoms with van der Waals surface area (Å²) in [6.07, 6.45) is -0.372. The lowest BCUT2D eigenvalue weighted by Crippen LogP contribution is -2.32. The predicted octanol–water partition coefficient (Wildman–Crippen LogP) is 4.44. The van der Waals surface area contributed by atoms with Crippen LogP contribution >= 0.6 is 0 Å². The molecule has 0 aromatic heterocycles. The van der Waals surface area contributed by atoms with E-state index in [2.05, 4.69) is 24.3 Å². The van der Waals surface area contributed by atoms with Crippen molar-refractivity contribution < 1.29 is 69.5 Å². The van der Waals surface area contributed by atoms with Gasteiger partial charge in [0.15, 0.2) is 0 Å². The minimum atomic E-state index is -3.77. The third-order valence-electron chi connectivity index (χ3n) is 9.06. The average Bonchev–Trinajstić information content (AvgIpc) is 3.60. The van der Waals surface area contributed by atoms with E-state index in [1.54, 1.807) is 25.2 Å². The molecule has 1 aliphatic carbocycles. The summed E-state index contributed by atoms with van der Waals surface area (Å²) in [6, 6.07) is 24.5. The molecular weight excluding hydrogens is 815 g/mol. The number of hydrogen-bond donors (Lipinski definition) is 0. The summed E-state index contributed by atoms with van der Waals surface area (Å²) in [5, 5.41) is 0. The Morgan fingerprint density at radius 2 is 0.787 bits per heavy atom. The molecule has 0 saturated carbocycles. The van der Waals surface area contributed by atoms with Gasteiger partial charge in [0.25, 0.3) is 10.1 Å². The summed E-state index contributed by atoms with van der Waals surface area (Å²) < 4.78 is 89.5. The highest BCUT2D eigenvalue weighted by atomic mass is 32.2. The molecule has 4 rings (SSSR count). The highest BCUT2D eigenvalue weighted by Gasteiger charge is 2.29. The molecule has 0 atom stereocenters. The summed E-state index contributed by atoms with van der Waals surface area (Å²) >= 11 is 0. The first kappa shape index (κ1) is 50.1. The van der Waals surface area contributed by atoms with Crippen LogP contribution in [-0.4, -0.2) is 178 Å². The number of fused-ring (bicyclic) bond motifs is 3. The summed E-state index contributed by atoms with van der Waals surface area (Å²) in [5.41, 5.74) is 4.77. The fraction of sp³-hybridized carbons (Fsp3) is 0.568. The zero-order valence-electron chi connectivity index (χ0n) is 35.3. The molecular formula is C44H63NO15S. The molecule has 17 heteroatoms. The Balaban J connectivity index is 0.792. The number of ether oxygens (including phenoxy) is 11. The number of nitrogens with zero attached hydrogens (tertiary/aromatic N) is 1. The SMILES string of the molecule is CN(CCOCCOCCOCCOCCOCCOCCOCCOCCOCCOCCOS(=O)(=O)c1ccccc1)C(=O)OCC1c2ccccc2-c2ccccc21. The summed E-state index contributed by atoms with van der Waals surface area (Å²) in [5.74, 6) is 0.0305. The van der Waals surface area contributed by atoms with E-state index in [-0.39, 0.29) is 30.1 Å². The molecule has 0 aliphatic heterocycles. The highest BCUT2D eigenvalue weighted by molar-refractivity contribution is 7.86. The molecule has 340 valence electrons. The lowest BCUT2D eigenvalue weighted by atomic mass is 9.98. The zero-order valence-corrected chi connectivity index (χ0v) is 36.1. The second-order valence-corrected chi connectivity index (χ2v) is 15.1. The molecule has 0 bridgehead atoms. The molecule has 0 spiro atoms. The molecule has 0 saturated heterocycles. The van der Waals surface area contributed by atoms with Crippen LogP contribution in [0.1, 0.15) is 17.0 Å². The molecule has 0 radical (unpaired) electrons. The summed E-state index contributed by atoms with van der Waals surface area (Å²) in [4.78, 5) is 14.3. The van der Waals surface area contributed by atoms with Gasteiger partial charge in [-0.2, -0.15) is 8.42 Å². The van der Waals surface area contributed by atoms with E-state index >= 15 is 0 Å². The number of likely N-dealkylation sites (N-methyl/N-ethyl adjacent to an activating group) is 1. The lowest BCUT2D eigenvalue weighted by Gasteiger charge is -2.19. The van der Waals surface area contributed by atoms with E-state index < -0.39 is 10.1 Å². The van der Waals surface area contributed by atoms with Crippen LogP contribution in [0.2, 0.25) is 0 Å². The molecule has 1 aliphatic rings. The molecule has 0 unspecified atom stereocenters. The minimum Gasteiger partial charge on any atom is -0.448 e. The number of carbonyl (C=O) groups is 1. The Hall–Kier alpha value is -3.56. The van der Waals surface area contributed by atoms with Crippen molar-refractivity contribution in [2.75, 3.05) is 159 Å². The molecule has 0 fully saturated rings. The molecule has 3 aromatic carbocycles. The van der Waals surface area contributed by atoms with Gasteiger partial charge in [-0.1, -0.05) is 66.7 Å². The van der Waals surface area contributed by atoms with E-state index in [1.165, 1.54) is 39.3 Å². The van der Waals surface area contributed by atoms with Gasteiger partial charge in [0, 0.05) is 19.5 Å². The smallest absolute Gasteiger partial charge is 0.409 e. The van der Waals surface area contributed by atoms with Crippen LogP contribution in [0.5, 0.6) is 0 Å². The second-order valence-electron chi connectivity index (χ2n) is 13.4. The van der Waals surface area contributed by atoms with Gasteiger partial charge < -0.3 is 57.0 Å². The minimum absolute atomic E-state index is 0.0305. The van der Waals surface area contributed by atoms with Gasteiger partial charge in [0.1, 0.15) is 6.61 Å². The first-order valence-corrected chi connectivity index (χ1v) is 22.2. The van der Waals surface area contributed by atoms with Gasteiger partial charge in [-0.3, -0.25) is 4.18 Å². The molecule has 0 heterocycles.